The third-order valence-corrected chi connectivity index (χ3v) is 3.96. The fourth-order valence-corrected chi connectivity index (χ4v) is 2.62. The molecule has 0 aliphatic carbocycles. The molecule has 0 spiro atoms. The van der Waals surface area contributed by atoms with E-state index in [1.807, 2.05) is 0 Å². The predicted octanol–water partition coefficient (Wildman–Crippen LogP) is 1.28. The van der Waals surface area contributed by atoms with Gasteiger partial charge in [0.1, 0.15) is 0 Å². The smallest absolute Gasteiger partial charge is 0.334 e. The number of tetrazole rings is 1. The van der Waals surface area contributed by atoms with E-state index in [1.54, 1.807) is 7.05 Å². The van der Waals surface area contributed by atoms with Gasteiger partial charge in [0, 0.05) is 19.4 Å². The van der Waals surface area contributed by atoms with Crippen LogP contribution in [0.25, 0.3) is 0 Å². The summed E-state index contributed by atoms with van der Waals surface area (Å²) >= 11 is 0. The molecule has 26 heavy (non-hydrogen) atoms. The van der Waals surface area contributed by atoms with Crippen molar-refractivity contribution in [3.05, 3.63) is 41.2 Å². The molecule has 0 bridgehead atoms. The Morgan fingerprint density at radius 1 is 1.31 bits per heavy atom. The van der Waals surface area contributed by atoms with Crippen LogP contribution in [0.2, 0.25) is 0 Å². The Kier molecular flexibility index (Phi) is 4.62. The topological polar surface area (TPSA) is 93.0 Å². The van der Waals surface area contributed by atoms with E-state index in [2.05, 4.69) is 20.7 Å². The van der Waals surface area contributed by atoms with Crippen LogP contribution in [0.5, 0.6) is 0 Å². The van der Waals surface area contributed by atoms with E-state index in [1.165, 1.54) is 16.9 Å². The highest BCUT2D eigenvalue weighted by atomic mass is 19.4. The van der Waals surface area contributed by atoms with Gasteiger partial charge in [-0.1, -0.05) is 12.1 Å². The van der Waals surface area contributed by atoms with Crippen molar-refractivity contribution in [1.82, 2.24) is 30.4 Å². The molecule has 1 aliphatic rings. The van der Waals surface area contributed by atoms with Crippen LogP contribution < -0.4 is 5.32 Å². The van der Waals surface area contributed by atoms with Crippen LogP contribution in [-0.2, 0) is 31.0 Å². The maximum Gasteiger partial charge on any atom is 0.416 e. The lowest BCUT2D eigenvalue weighted by molar-refractivity contribution is -0.140. The summed E-state index contributed by atoms with van der Waals surface area (Å²) in [5, 5.41) is 14.0. The molecule has 0 unspecified atom stereocenters. The van der Waals surface area contributed by atoms with E-state index < -0.39 is 17.8 Å². The van der Waals surface area contributed by atoms with Crippen molar-refractivity contribution in [2.45, 2.75) is 31.6 Å². The SMILES string of the molecule is Cn1nnc(C[C@H]2CC(=O)N2C(=O)NCc2ccc(C(F)(F)F)cc2)n1. The maximum atomic E-state index is 12.5. The number of hydrogen-bond acceptors (Lipinski definition) is 5. The third kappa shape index (κ3) is 3.81. The Morgan fingerprint density at radius 2 is 2.00 bits per heavy atom. The van der Waals surface area contributed by atoms with E-state index >= 15 is 0 Å². The standard InChI is InChI=1S/C15H15F3N6O2/c1-23-21-12(20-22-23)6-11-7-13(25)24(11)14(26)19-8-9-2-4-10(5-3-9)15(16,17)18/h2-5,11H,6-8H2,1H3,(H,19,26)/t11-/m0/s1. The normalized spacial score (nSPS) is 17.2. The van der Waals surface area contributed by atoms with Crippen LogP contribution in [0.3, 0.4) is 0 Å². The summed E-state index contributed by atoms with van der Waals surface area (Å²) in [5.74, 6) is 0.0920. The maximum absolute atomic E-state index is 12.5. The number of carbonyl (C=O) groups is 2. The zero-order chi connectivity index (χ0) is 18.9. The summed E-state index contributed by atoms with van der Waals surface area (Å²) in [5.41, 5.74) is -0.270. The molecule has 8 nitrogen and oxygen atoms in total. The van der Waals surface area contributed by atoms with Crippen LogP contribution in [0.1, 0.15) is 23.4 Å². The van der Waals surface area contributed by atoms with Crippen molar-refractivity contribution < 1.29 is 22.8 Å². The van der Waals surface area contributed by atoms with Gasteiger partial charge >= 0.3 is 12.2 Å². The van der Waals surface area contributed by atoms with Crippen molar-refractivity contribution >= 4 is 11.9 Å². The quantitative estimate of drug-likeness (QED) is 0.821. The Bertz CT molecular complexity index is 818. The predicted molar refractivity (Wildman–Crippen MR) is 81.4 cm³/mol. The Morgan fingerprint density at radius 3 is 2.54 bits per heavy atom. The number of benzene rings is 1. The molecule has 0 radical (unpaired) electrons. The minimum absolute atomic E-state index is 0.0108. The van der Waals surface area contributed by atoms with Crippen LogP contribution >= 0.6 is 0 Å². The fourth-order valence-electron chi connectivity index (χ4n) is 2.62. The average Bonchev–Trinajstić information content (AvgIpc) is 2.97. The largest absolute Gasteiger partial charge is 0.416 e. The lowest BCUT2D eigenvalue weighted by Gasteiger charge is -2.37. The molecule has 1 aromatic carbocycles. The molecule has 1 aliphatic heterocycles. The van der Waals surface area contributed by atoms with Gasteiger partial charge in [0.25, 0.3) is 0 Å². The van der Waals surface area contributed by atoms with Crippen LogP contribution in [-0.4, -0.2) is 43.1 Å². The molecule has 2 heterocycles. The van der Waals surface area contributed by atoms with Gasteiger partial charge in [-0.15, -0.1) is 10.2 Å². The number of rotatable bonds is 4. The minimum atomic E-state index is -4.41. The second kappa shape index (κ2) is 6.73. The van der Waals surface area contributed by atoms with E-state index in [9.17, 15) is 22.8 Å². The molecule has 1 aromatic heterocycles. The van der Waals surface area contributed by atoms with Crippen molar-refractivity contribution in [3.8, 4) is 0 Å². The van der Waals surface area contributed by atoms with Crippen LogP contribution in [0.15, 0.2) is 24.3 Å². The zero-order valence-corrected chi connectivity index (χ0v) is 13.7. The van der Waals surface area contributed by atoms with Gasteiger partial charge < -0.3 is 5.32 Å². The monoisotopic (exact) mass is 368 g/mol. The van der Waals surface area contributed by atoms with E-state index in [0.717, 1.165) is 17.0 Å². The molecule has 1 atom stereocenters. The number of aryl methyl sites for hydroxylation is 1. The van der Waals surface area contributed by atoms with Crippen molar-refractivity contribution in [2.75, 3.05) is 0 Å². The fraction of sp³-hybridized carbons (Fsp3) is 0.400. The first-order chi connectivity index (χ1) is 12.2. The summed E-state index contributed by atoms with van der Waals surface area (Å²) in [6, 6.07) is 3.48. The summed E-state index contributed by atoms with van der Waals surface area (Å²) < 4.78 is 37.6. The molecule has 3 rings (SSSR count). The number of halogens is 3. The summed E-state index contributed by atoms with van der Waals surface area (Å²) in [6.07, 6.45) is -3.91. The number of β-lactam (4-membered cyclic amide) rings is 1. The first kappa shape index (κ1) is 17.8. The van der Waals surface area contributed by atoms with Crippen LogP contribution in [0.4, 0.5) is 18.0 Å². The molecule has 11 heteroatoms. The number of imide groups is 1. The molecule has 2 aromatic rings. The third-order valence-electron chi connectivity index (χ3n) is 3.96. The number of hydrogen-bond donors (Lipinski definition) is 1. The number of aromatic nitrogens is 4. The van der Waals surface area contributed by atoms with Gasteiger partial charge in [-0.2, -0.15) is 18.0 Å². The summed E-state index contributed by atoms with van der Waals surface area (Å²) in [6.45, 7) is 0.0108. The number of amides is 3. The number of urea groups is 1. The molecular weight excluding hydrogens is 353 g/mol. The van der Waals surface area contributed by atoms with Gasteiger partial charge in [-0.05, 0) is 22.9 Å². The van der Waals surface area contributed by atoms with Gasteiger partial charge in [-0.25, -0.2) is 4.79 Å². The van der Waals surface area contributed by atoms with Gasteiger partial charge in [0.05, 0.1) is 18.7 Å². The highest BCUT2D eigenvalue weighted by Gasteiger charge is 2.41. The molecule has 138 valence electrons. The first-order valence-electron chi connectivity index (χ1n) is 7.73. The molecule has 3 amide bonds. The lowest BCUT2D eigenvalue weighted by Crippen LogP contribution is -2.59. The molecular formula is C15H15F3N6O2. The highest BCUT2D eigenvalue weighted by Crippen LogP contribution is 2.29. The number of alkyl halides is 3. The van der Waals surface area contributed by atoms with E-state index in [0.29, 0.717) is 17.8 Å². The number of likely N-dealkylation sites (tertiary alicyclic amines) is 1. The Balaban J connectivity index is 1.56. The van der Waals surface area contributed by atoms with Crippen molar-refractivity contribution in [1.29, 1.82) is 0 Å². The second-order valence-corrected chi connectivity index (χ2v) is 5.87. The Hall–Kier alpha value is -2.98. The van der Waals surface area contributed by atoms with Crippen molar-refractivity contribution in [2.24, 2.45) is 7.05 Å². The summed E-state index contributed by atoms with van der Waals surface area (Å²) in [4.78, 5) is 26.3. The Labute approximate surface area is 146 Å². The average molecular weight is 368 g/mol. The van der Waals surface area contributed by atoms with Crippen LogP contribution in [0, 0.1) is 0 Å². The molecule has 1 N–H and O–H groups in total. The zero-order valence-electron chi connectivity index (χ0n) is 13.7. The highest BCUT2D eigenvalue weighted by molar-refractivity contribution is 5.99. The molecule has 0 saturated carbocycles. The minimum Gasteiger partial charge on any atom is -0.334 e. The van der Waals surface area contributed by atoms with Gasteiger partial charge in [-0.3, -0.25) is 9.69 Å². The van der Waals surface area contributed by atoms with E-state index in [4.69, 9.17) is 0 Å². The molecule has 1 saturated heterocycles. The lowest BCUT2D eigenvalue weighted by atomic mass is 9.99. The number of carbonyl (C=O) groups excluding carboxylic acids is 2. The van der Waals surface area contributed by atoms with Gasteiger partial charge in [0.15, 0.2) is 5.82 Å². The van der Waals surface area contributed by atoms with Crippen molar-refractivity contribution in [3.63, 3.8) is 0 Å². The van der Waals surface area contributed by atoms with E-state index in [-0.39, 0.29) is 24.9 Å². The van der Waals surface area contributed by atoms with Gasteiger partial charge in [0.2, 0.25) is 5.91 Å². The summed E-state index contributed by atoms with van der Waals surface area (Å²) in [7, 11) is 1.61. The number of nitrogens with zero attached hydrogens (tertiary/aromatic N) is 5. The number of nitrogens with one attached hydrogen (secondary N) is 1. The first-order valence-corrected chi connectivity index (χ1v) is 7.73. The second-order valence-electron chi connectivity index (χ2n) is 5.87. The molecule has 1 fully saturated rings.